The Morgan fingerprint density at radius 1 is 1.22 bits per heavy atom. The molecule has 2 aliphatic rings. The van der Waals surface area contributed by atoms with Gasteiger partial charge < -0.3 is 19.7 Å². The average Bonchev–Trinajstić information content (AvgIpc) is 3.33. The molecule has 0 radical (unpaired) electrons. The fourth-order valence-corrected chi connectivity index (χ4v) is 2.97. The molecule has 0 atom stereocenters. The van der Waals surface area contributed by atoms with Crippen LogP contribution in [0.1, 0.15) is 43.3 Å². The number of hydrogen-bond donors (Lipinski definition) is 2. The zero-order chi connectivity index (χ0) is 15.6. The van der Waals surface area contributed by atoms with Crippen LogP contribution < -0.4 is 10.2 Å². The molecular weight excluding hydrogens is 292 g/mol. The van der Waals surface area contributed by atoms with E-state index in [0.29, 0.717) is 12.5 Å². The molecule has 2 aromatic heterocycles. The second-order valence-electron chi connectivity index (χ2n) is 6.39. The van der Waals surface area contributed by atoms with Crippen molar-refractivity contribution in [3.05, 3.63) is 36.2 Å². The summed E-state index contributed by atoms with van der Waals surface area (Å²) in [5.41, 5.74) is 0.994. The summed E-state index contributed by atoms with van der Waals surface area (Å²) >= 11 is 0. The SMILES string of the molecule is OC1CCN(c2ncccc2NCc2cnc(C3CC3)o2)CC1. The highest BCUT2D eigenvalue weighted by molar-refractivity contribution is 5.65. The third-order valence-corrected chi connectivity index (χ3v) is 4.50. The van der Waals surface area contributed by atoms with E-state index in [4.69, 9.17) is 4.42 Å². The fourth-order valence-electron chi connectivity index (χ4n) is 2.97. The van der Waals surface area contributed by atoms with E-state index < -0.39 is 0 Å². The first-order valence-corrected chi connectivity index (χ1v) is 8.36. The predicted octanol–water partition coefficient (Wildman–Crippen LogP) is 2.52. The zero-order valence-corrected chi connectivity index (χ0v) is 13.1. The van der Waals surface area contributed by atoms with Gasteiger partial charge in [-0.3, -0.25) is 0 Å². The number of pyridine rings is 1. The average molecular weight is 314 g/mol. The topological polar surface area (TPSA) is 74.4 Å². The highest BCUT2D eigenvalue weighted by Gasteiger charge is 2.28. The van der Waals surface area contributed by atoms with E-state index in [1.165, 1.54) is 12.8 Å². The molecule has 3 heterocycles. The monoisotopic (exact) mass is 314 g/mol. The van der Waals surface area contributed by atoms with Crippen LogP contribution in [-0.4, -0.2) is 34.3 Å². The van der Waals surface area contributed by atoms with Crippen molar-refractivity contribution in [3.63, 3.8) is 0 Å². The van der Waals surface area contributed by atoms with Gasteiger partial charge in [-0.25, -0.2) is 9.97 Å². The summed E-state index contributed by atoms with van der Waals surface area (Å²) < 4.78 is 5.79. The Morgan fingerprint density at radius 2 is 2.04 bits per heavy atom. The summed E-state index contributed by atoms with van der Waals surface area (Å²) in [6.45, 7) is 2.27. The smallest absolute Gasteiger partial charge is 0.197 e. The van der Waals surface area contributed by atoms with Gasteiger partial charge >= 0.3 is 0 Å². The Labute approximate surface area is 135 Å². The van der Waals surface area contributed by atoms with Crippen molar-refractivity contribution in [1.29, 1.82) is 0 Å². The van der Waals surface area contributed by atoms with Crippen LogP contribution in [0, 0.1) is 0 Å². The lowest BCUT2D eigenvalue weighted by molar-refractivity contribution is 0.145. The van der Waals surface area contributed by atoms with E-state index in [-0.39, 0.29) is 6.10 Å². The van der Waals surface area contributed by atoms with Crippen molar-refractivity contribution in [3.8, 4) is 0 Å². The van der Waals surface area contributed by atoms with Gasteiger partial charge in [0.2, 0.25) is 0 Å². The summed E-state index contributed by atoms with van der Waals surface area (Å²) in [6, 6.07) is 3.96. The standard InChI is InChI=1S/C17H22N4O2/c22-13-5-8-21(9-6-13)16-15(2-1-7-18-16)19-10-14-11-20-17(23-14)12-3-4-12/h1-2,7,11-13,19,22H,3-6,8-10H2. The molecule has 4 rings (SSSR count). The van der Waals surface area contributed by atoms with E-state index in [2.05, 4.69) is 20.2 Å². The highest BCUT2D eigenvalue weighted by Crippen LogP contribution is 2.39. The summed E-state index contributed by atoms with van der Waals surface area (Å²) in [5, 5.41) is 13.1. The van der Waals surface area contributed by atoms with Crippen LogP contribution in [-0.2, 0) is 6.54 Å². The highest BCUT2D eigenvalue weighted by atomic mass is 16.4. The van der Waals surface area contributed by atoms with Crippen LogP contribution in [0.3, 0.4) is 0 Å². The van der Waals surface area contributed by atoms with Gasteiger partial charge in [0.15, 0.2) is 11.7 Å². The van der Waals surface area contributed by atoms with Crippen molar-refractivity contribution in [2.24, 2.45) is 0 Å². The van der Waals surface area contributed by atoms with E-state index in [1.54, 1.807) is 0 Å². The maximum absolute atomic E-state index is 9.67. The van der Waals surface area contributed by atoms with Crippen molar-refractivity contribution < 1.29 is 9.52 Å². The summed E-state index contributed by atoms with van der Waals surface area (Å²) in [7, 11) is 0. The van der Waals surface area contributed by atoms with E-state index >= 15 is 0 Å². The molecule has 6 heteroatoms. The largest absolute Gasteiger partial charge is 0.444 e. The molecule has 1 aliphatic carbocycles. The third kappa shape index (κ3) is 3.32. The lowest BCUT2D eigenvalue weighted by Crippen LogP contribution is -2.36. The number of aliphatic hydroxyl groups is 1. The van der Waals surface area contributed by atoms with Gasteiger partial charge in [-0.1, -0.05) is 0 Å². The number of aromatic nitrogens is 2. The van der Waals surface area contributed by atoms with Gasteiger partial charge in [0.25, 0.3) is 0 Å². The van der Waals surface area contributed by atoms with Crippen LogP contribution in [0.15, 0.2) is 28.9 Å². The molecule has 2 N–H and O–H groups in total. The Kier molecular flexibility index (Phi) is 3.91. The molecule has 6 nitrogen and oxygen atoms in total. The Bertz CT molecular complexity index is 660. The van der Waals surface area contributed by atoms with Gasteiger partial charge in [-0.2, -0.15) is 0 Å². The number of nitrogens with one attached hydrogen (secondary N) is 1. The number of aliphatic hydroxyl groups excluding tert-OH is 1. The van der Waals surface area contributed by atoms with Gasteiger partial charge in [0.1, 0.15) is 5.76 Å². The maximum Gasteiger partial charge on any atom is 0.197 e. The Balaban J connectivity index is 1.43. The molecule has 1 saturated carbocycles. The molecular formula is C17H22N4O2. The van der Waals surface area contributed by atoms with Crippen molar-refractivity contribution in [2.75, 3.05) is 23.3 Å². The second kappa shape index (κ2) is 6.20. The number of piperidine rings is 1. The van der Waals surface area contributed by atoms with Gasteiger partial charge in [0.05, 0.1) is 24.5 Å². The Hall–Kier alpha value is -2.08. The lowest BCUT2D eigenvalue weighted by atomic mass is 10.1. The minimum atomic E-state index is -0.179. The quantitative estimate of drug-likeness (QED) is 0.883. The van der Waals surface area contributed by atoms with Crippen molar-refractivity contribution >= 4 is 11.5 Å². The second-order valence-corrected chi connectivity index (χ2v) is 6.39. The summed E-state index contributed by atoms with van der Waals surface area (Å²) in [4.78, 5) is 11.1. The van der Waals surface area contributed by atoms with Crippen molar-refractivity contribution in [2.45, 2.75) is 44.2 Å². The number of oxazole rings is 1. The van der Waals surface area contributed by atoms with Gasteiger partial charge in [-0.05, 0) is 37.8 Å². The number of rotatable bonds is 5. The summed E-state index contributed by atoms with van der Waals surface area (Å²) in [6.07, 6.45) is 7.42. The normalized spacial score (nSPS) is 19.1. The first kappa shape index (κ1) is 14.5. The molecule has 23 heavy (non-hydrogen) atoms. The number of anilines is 2. The summed E-state index contributed by atoms with van der Waals surface area (Å²) in [5.74, 6) is 3.22. The molecule has 0 spiro atoms. The molecule has 1 saturated heterocycles. The third-order valence-electron chi connectivity index (χ3n) is 4.50. The van der Waals surface area contributed by atoms with Gasteiger partial charge in [0, 0.05) is 25.2 Å². The molecule has 0 amide bonds. The molecule has 2 fully saturated rings. The minimum Gasteiger partial charge on any atom is -0.444 e. The Morgan fingerprint density at radius 3 is 2.83 bits per heavy atom. The maximum atomic E-state index is 9.67. The molecule has 1 aliphatic heterocycles. The molecule has 122 valence electrons. The minimum absolute atomic E-state index is 0.179. The zero-order valence-electron chi connectivity index (χ0n) is 13.1. The van der Waals surface area contributed by atoms with Crippen LogP contribution in [0.2, 0.25) is 0 Å². The van der Waals surface area contributed by atoms with Crippen LogP contribution >= 0.6 is 0 Å². The number of hydrogen-bond acceptors (Lipinski definition) is 6. The van der Waals surface area contributed by atoms with E-state index in [0.717, 1.165) is 49.1 Å². The number of nitrogens with zero attached hydrogens (tertiary/aromatic N) is 3. The lowest BCUT2D eigenvalue weighted by Gasteiger charge is -2.31. The van der Waals surface area contributed by atoms with Crippen molar-refractivity contribution in [1.82, 2.24) is 9.97 Å². The predicted molar refractivity (Wildman–Crippen MR) is 87.5 cm³/mol. The molecule has 0 aromatic carbocycles. The fraction of sp³-hybridized carbons (Fsp3) is 0.529. The van der Waals surface area contributed by atoms with Gasteiger partial charge in [-0.15, -0.1) is 0 Å². The van der Waals surface area contributed by atoms with Crippen LogP contribution in [0.25, 0.3) is 0 Å². The molecule has 2 aromatic rings. The first-order chi connectivity index (χ1) is 11.3. The molecule has 0 unspecified atom stereocenters. The molecule has 0 bridgehead atoms. The first-order valence-electron chi connectivity index (χ1n) is 8.36. The van der Waals surface area contributed by atoms with Crippen LogP contribution in [0.5, 0.6) is 0 Å². The van der Waals surface area contributed by atoms with E-state index in [1.807, 2.05) is 24.5 Å². The van der Waals surface area contributed by atoms with Crippen LogP contribution in [0.4, 0.5) is 11.5 Å². The van der Waals surface area contributed by atoms with E-state index in [9.17, 15) is 5.11 Å².